The summed E-state index contributed by atoms with van der Waals surface area (Å²) in [5.74, 6) is 0.480. The van der Waals surface area contributed by atoms with Crippen molar-refractivity contribution in [2.24, 2.45) is 0 Å². The third-order valence-electron chi connectivity index (χ3n) is 3.78. The lowest BCUT2D eigenvalue weighted by Gasteiger charge is -2.11. The maximum absolute atomic E-state index is 12.3. The van der Waals surface area contributed by atoms with Crippen LogP contribution < -0.4 is 5.32 Å². The monoisotopic (exact) mass is 324 g/mol. The van der Waals surface area contributed by atoms with Gasteiger partial charge in [-0.05, 0) is 38.5 Å². The summed E-state index contributed by atoms with van der Waals surface area (Å²) in [4.78, 5) is 16.4. The second-order valence-electron chi connectivity index (χ2n) is 5.80. The molecule has 3 rings (SSSR count). The van der Waals surface area contributed by atoms with Crippen LogP contribution in [0.2, 0.25) is 0 Å². The van der Waals surface area contributed by atoms with Gasteiger partial charge in [-0.2, -0.15) is 5.10 Å². The van der Waals surface area contributed by atoms with E-state index in [1.165, 1.54) is 0 Å². The first kappa shape index (κ1) is 16.0. The van der Waals surface area contributed by atoms with Gasteiger partial charge in [0.2, 0.25) is 5.76 Å². The summed E-state index contributed by atoms with van der Waals surface area (Å²) in [6.45, 7) is 7.84. The Morgan fingerprint density at radius 1 is 1.21 bits per heavy atom. The topological polar surface area (TPSA) is 73.0 Å². The smallest absolute Gasteiger partial charge is 0.289 e. The molecule has 0 bridgehead atoms. The number of hydrogen-bond donors (Lipinski definition) is 1. The Balaban J connectivity index is 1.83. The van der Waals surface area contributed by atoms with Crippen molar-refractivity contribution in [2.75, 3.05) is 0 Å². The van der Waals surface area contributed by atoms with Crippen LogP contribution in [-0.4, -0.2) is 20.7 Å². The highest BCUT2D eigenvalue weighted by atomic mass is 16.4. The average molecular weight is 324 g/mol. The van der Waals surface area contributed by atoms with Gasteiger partial charge in [-0.15, -0.1) is 0 Å². The van der Waals surface area contributed by atoms with Gasteiger partial charge in [0, 0.05) is 19.2 Å². The molecule has 0 aliphatic heterocycles. The first-order chi connectivity index (χ1) is 11.5. The maximum Gasteiger partial charge on any atom is 0.289 e. The van der Waals surface area contributed by atoms with Crippen molar-refractivity contribution in [3.8, 4) is 5.69 Å². The van der Waals surface area contributed by atoms with Crippen molar-refractivity contribution in [3.05, 3.63) is 64.6 Å². The minimum Gasteiger partial charge on any atom is -0.436 e. The fourth-order valence-corrected chi connectivity index (χ4v) is 2.74. The second kappa shape index (κ2) is 6.31. The van der Waals surface area contributed by atoms with E-state index in [9.17, 15) is 4.79 Å². The lowest BCUT2D eigenvalue weighted by atomic mass is 10.1. The molecule has 6 nitrogen and oxygen atoms in total. The standard InChI is InChI=1S/C18H20N4O2/c1-11-9-12(2)22(21-11)16-8-6-5-7-15(16)10-19-18(23)17-13(3)20-14(4)24-17/h5-9H,10H2,1-4H3,(H,19,23). The number of benzene rings is 1. The summed E-state index contributed by atoms with van der Waals surface area (Å²) in [7, 11) is 0. The summed E-state index contributed by atoms with van der Waals surface area (Å²) in [6.07, 6.45) is 0. The molecule has 0 unspecified atom stereocenters. The van der Waals surface area contributed by atoms with E-state index in [0.29, 0.717) is 18.1 Å². The summed E-state index contributed by atoms with van der Waals surface area (Å²) >= 11 is 0. The third kappa shape index (κ3) is 3.08. The normalized spacial score (nSPS) is 10.8. The molecule has 0 fully saturated rings. The number of nitrogens with zero attached hydrogens (tertiary/aromatic N) is 3. The molecule has 0 spiro atoms. The van der Waals surface area contributed by atoms with Crippen molar-refractivity contribution in [3.63, 3.8) is 0 Å². The van der Waals surface area contributed by atoms with Gasteiger partial charge in [0.05, 0.1) is 17.1 Å². The molecule has 0 saturated carbocycles. The van der Waals surface area contributed by atoms with Gasteiger partial charge in [-0.25, -0.2) is 9.67 Å². The minimum absolute atomic E-state index is 0.260. The van der Waals surface area contributed by atoms with Crippen LogP contribution in [0.5, 0.6) is 0 Å². The number of nitrogens with one attached hydrogen (secondary N) is 1. The van der Waals surface area contributed by atoms with Crippen LogP contribution >= 0.6 is 0 Å². The molecular weight excluding hydrogens is 304 g/mol. The molecule has 1 N–H and O–H groups in total. The van der Waals surface area contributed by atoms with Crippen molar-refractivity contribution < 1.29 is 9.21 Å². The molecule has 0 atom stereocenters. The highest BCUT2D eigenvalue weighted by molar-refractivity contribution is 5.92. The molecule has 0 aliphatic rings. The molecule has 0 radical (unpaired) electrons. The summed E-state index contributed by atoms with van der Waals surface area (Å²) in [5.41, 5.74) is 4.53. The van der Waals surface area contributed by atoms with Crippen LogP contribution in [-0.2, 0) is 6.54 Å². The Morgan fingerprint density at radius 2 is 1.96 bits per heavy atom. The van der Waals surface area contributed by atoms with E-state index in [2.05, 4.69) is 15.4 Å². The van der Waals surface area contributed by atoms with Crippen LogP contribution in [0.1, 0.15) is 39.1 Å². The highest BCUT2D eigenvalue weighted by Gasteiger charge is 2.16. The molecule has 0 saturated heterocycles. The van der Waals surface area contributed by atoms with E-state index < -0.39 is 0 Å². The minimum atomic E-state index is -0.267. The second-order valence-corrected chi connectivity index (χ2v) is 5.80. The fraction of sp³-hybridized carbons (Fsp3) is 0.278. The molecule has 6 heteroatoms. The van der Waals surface area contributed by atoms with E-state index in [-0.39, 0.29) is 11.7 Å². The van der Waals surface area contributed by atoms with E-state index >= 15 is 0 Å². The van der Waals surface area contributed by atoms with E-state index in [1.807, 2.05) is 48.9 Å². The van der Waals surface area contributed by atoms with Crippen molar-refractivity contribution in [2.45, 2.75) is 34.2 Å². The Labute approximate surface area is 140 Å². The number of aromatic nitrogens is 3. The van der Waals surface area contributed by atoms with Crippen LogP contribution in [0.25, 0.3) is 5.69 Å². The predicted octanol–water partition coefficient (Wildman–Crippen LogP) is 3.02. The van der Waals surface area contributed by atoms with Gasteiger partial charge >= 0.3 is 0 Å². The number of carbonyl (C=O) groups excluding carboxylic acids is 1. The third-order valence-corrected chi connectivity index (χ3v) is 3.78. The average Bonchev–Trinajstić information content (AvgIpc) is 3.06. The Bertz CT molecular complexity index is 892. The van der Waals surface area contributed by atoms with Crippen LogP contribution in [0.3, 0.4) is 0 Å². The molecule has 1 amide bonds. The van der Waals surface area contributed by atoms with Crippen molar-refractivity contribution in [1.82, 2.24) is 20.1 Å². The van der Waals surface area contributed by atoms with Gasteiger partial charge < -0.3 is 9.73 Å². The van der Waals surface area contributed by atoms with E-state index in [4.69, 9.17) is 4.42 Å². The van der Waals surface area contributed by atoms with Crippen LogP contribution in [0.15, 0.2) is 34.7 Å². The largest absolute Gasteiger partial charge is 0.436 e. The first-order valence-electron chi connectivity index (χ1n) is 7.79. The fourth-order valence-electron chi connectivity index (χ4n) is 2.74. The molecule has 1 aromatic carbocycles. The number of aryl methyl sites for hydroxylation is 4. The van der Waals surface area contributed by atoms with Crippen molar-refractivity contribution >= 4 is 5.91 Å². The quantitative estimate of drug-likeness (QED) is 0.800. The van der Waals surface area contributed by atoms with Gasteiger partial charge in [0.1, 0.15) is 0 Å². The Kier molecular flexibility index (Phi) is 4.20. The predicted molar refractivity (Wildman–Crippen MR) is 90.2 cm³/mol. The van der Waals surface area contributed by atoms with Gasteiger partial charge in [0.25, 0.3) is 5.91 Å². The molecular formula is C18H20N4O2. The molecule has 2 heterocycles. The lowest BCUT2D eigenvalue weighted by molar-refractivity contribution is 0.0921. The number of para-hydroxylation sites is 1. The Hall–Kier alpha value is -2.89. The maximum atomic E-state index is 12.3. The number of carbonyl (C=O) groups is 1. The number of oxazole rings is 1. The molecule has 3 aromatic rings. The van der Waals surface area contributed by atoms with E-state index in [1.54, 1.807) is 13.8 Å². The zero-order valence-electron chi connectivity index (χ0n) is 14.3. The summed E-state index contributed by atoms with van der Waals surface area (Å²) in [6, 6.07) is 9.90. The Morgan fingerprint density at radius 3 is 2.58 bits per heavy atom. The molecule has 2 aromatic heterocycles. The van der Waals surface area contributed by atoms with Crippen molar-refractivity contribution in [1.29, 1.82) is 0 Å². The lowest BCUT2D eigenvalue weighted by Crippen LogP contribution is -2.24. The van der Waals surface area contributed by atoms with Crippen LogP contribution in [0, 0.1) is 27.7 Å². The first-order valence-corrected chi connectivity index (χ1v) is 7.79. The number of hydrogen-bond acceptors (Lipinski definition) is 4. The summed E-state index contributed by atoms with van der Waals surface area (Å²) in [5, 5.41) is 7.41. The highest BCUT2D eigenvalue weighted by Crippen LogP contribution is 2.17. The zero-order valence-corrected chi connectivity index (χ0v) is 14.3. The van der Waals surface area contributed by atoms with E-state index in [0.717, 1.165) is 22.6 Å². The molecule has 24 heavy (non-hydrogen) atoms. The van der Waals surface area contributed by atoms with Gasteiger partial charge in [-0.1, -0.05) is 18.2 Å². The van der Waals surface area contributed by atoms with Gasteiger partial charge in [-0.3, -0.25) is 4.79 Å². The number of amides is 1. The zero-order chi connectivity index (χ0) is 17.3. The van der Waals surface area contributed by atoms with Gasteiger partial charge in [0.15, 0.2) is 5.89 Å². The van der Waals surface area contributed by atoms with Crippen LogP contribution in [0.4, 0.5) is 0 Å². The SMILES string of the molecule is Cc1cc(C)n(-c2ccccc2CNC(=O)c2oc(C)nc2C)n1. The molecule has 0 aliphatic carbocycles. The summed E-state index contributed by atoms with van der Waals surface area (Å²) < 4.78 is 7.25. The molecule has 124 valence electrons. The number of rotatable bonds is 4.